The second-order valence-electron chi connectivity index (χ2n) is 5.02. The monoisotopic (exact) mass is 341 g/mol. The fourth-order valence-electron chi connectivity index (χ4n) is 2.24. The highest BCUT2D eigenvalue weighted by molar-refractivity contribution is 7.98. The number of nitrogens with zero attached hydrogens (tertiary/aromatic N) is 5. The van der Waals surface area contributed by atoms with E-state index in [-0.39, 0.29) is 5.82 Å². The van der Waals surface area contributed by atoms with Crippen molar-refractivity contribution in [2.45, 2.75) is 10.9 Å². The minimum Gasteiger partial charge on any atom is -0.382 e. The molecule has 3 aromatic heterocycles. The minimum atomic E-state index is -0.292. The first-order valence-corrected chi connectivity index (χ1v) is 8.07. The smallest absolute Gasteiger partial charge is 0.183 e. The molecule has 4 rings (SSSR count). The maximum atomic E-state index is 13.3. The Hall–Kier alpha value is -2.94. The molecule has 7 nitrogen and oxygen atoms in total. The van der Waals surface area contributed by atoms with Crippen LogP contribution in [0, 0.1) is 5.82 Å². The lowest BCUT2D eigenvalue weighted by Gasteiger charge is -2.00. The van der Waals surface area contributed by atoms with E-state index in [0.717, 1.165) is 5.69 Å². The number of nitrogens with two attached hydrogens (primary N) is 1. The number of anilines is 1. The van der Waals surface area contributed by atoms with Crippen LogP contribution in [-0.2, 0) is 5.75 Å². The summed E-state index contributed by atoms with van der Waals surface area (Å²) < 4.78 is 14.9. The Labute approximate surface area is 140 Å². The third-order valence-electron chi connectivity index (χ3n) is 3.37. The van der Waals surface area contributed by atoms with Gasteiger partial charge in [-0.15, -0.1) is 0 Å². The number of halogens is 1. The molecule has 24 heavy (non-hydrogen) atoms. The van der Waals surface area contributed by atoms with Crippen LogP contribution in [0.2, 0.25) is 0 Å². The largest absolute Gasteiger partial charge is 0.382 e. The number of rotatable bonds is 4. The van der Waals surface area contributed by atoms with Gasteiger partial charge >= 0.3 is 0 Å². The van der Waals surface area contributed by atoms with Gasteiger partial charge in [0.2, 0.25) is 0 Å². The Morgan fingerprint density at radius 2 is 2.17 bits per heavy atom. The van der Waals surface area contributed by atoms with Crippen molar-refractivity contribution in [3.8, 4) is 5.69 Å². The Kier molecular flexibility index (Phi) is 3.62. The Balaban J connectivity index is 1.50. The molecule has 0 spiro atoms. The maximum Gasteiger partial charge on any atom is 0.183 e. The summed E-state index contributed by atoms with van der Waals surface area (Å²) in [6.45, 7) is 0. The van der Waals surface area contributed by atoms with Crippen LogP contribution < -0.4 is 5.73 Å². The molecule has 0 fully saturated rings. The van der Waals surface area contributed by atoms with Crippen molar-refractivity contribution in [3.05, 3.63) is 54.4 Å². The molecule has 0 aliphatic heterocycles. The first-order valence-electron chi connectivity index (χ1n) is 7.08. The molecule has 3 N–H and O–H groups in total. The van der Waals surface area contributed by atoms with Gasteiger partial charge in [0.15, 0.2) is 16.6 Å². The average molecular weight is 341 g/mol. The summed E-state index contributed by atoms with van der Waals surface area (Å²) in [5.74, 6) is 0.685. The molecule has 120 valence electrons. The maximum absolute atomic E-state index is 13.3. The Morgan fingerprint density at radius 3 is 3.00 bits per heavy atom. The van der Waals surface area contributed by atoms with Gasteiger partial charge < -0.3 is 10.7 Å². The van der Waals surface area contributed by atoms with Gasteiger partial charge in [-0.1, -0.05) is 17.8 Å². The van der Waals surface area contributed by atoms with E-state index in [2.05, 4.69) is 25.0 Å². The highest BCUT2D eigenvalue weighted by atomic mass is 32.2. The quantitative estimate of drug-likeness (QED) is 0.554. The van der Waals surface area contributed by atoms with E-state index in [1.807, 2.05) is 6.07 Å². The summed E-state index contributed by atoms with van der Waals surface area (Å²) in [5, 5.41) is 5.14. The number of hydrogen-bond donors (Lipinski definition) is 2. The van der Waals surface area contributed by atoms with Crippen LogP contribution in [0.15, 0.2) is 48.0 Å². The third-order valence-corrected chi connectivity index (χ3v) is 4.28. The molecular formula is C15H12FN7S. The van der Waals surface area contributed by atoms with E-state index < -0.39 is 0 Å². The van der Waals surface area contributed by atoms with E-state index in [9.17, 15) is 4.39 Å². The highest BCUT2D eigenvalue weighted by Gasteiger charge is 2.09. The van der Waals surface area contributed by atoms with Crippen molar-refractivity contribution >= 4 is 28.7 Å². The van der Waals surface area contributed by atoms with Crippen LogP contribution in [-0.4, -0.2) is 29.7 Å². The van der Waals surface area contributed by atoms with Crippen LogP contribution in [0.4, 0.5) is 10.2 Å². The molecule has 1 aromatic carbocycles. The predicted octanol–water partition coefficient (Wildman–Crippen LogP) is 2.55. The third kappa shape index (κ3) is 2.81. The lowest BCUT2D eigenvalue weighted by Crippen LogP contribution is -1.96. The topological polar surface area (TPSA) is 98.3 Å². The van der Waals surface area contributed by atoms with Crippen molar-refractivity contribution in [2.75, 3.05) is 5.73 Å². The zero-order chi connectivity index (χ0) is 16.5. The molecule has 0 aliphatic rings. The van der Waals surface area contributed by atoms with Crippen molar-refractivity contribution in [3.63, 3.8) is 0 Å². The molecule has 0 saturated carbocycles. The number of aromatic amines is 1. The molecule has 0 unspecified atom stereocenters. The van der Waals surface area contributed by atoms with E-state index >= 15 is 0 Å². The second kappa shape index (κ2) is 5.93. The summed E-state index contributed by atoms with van der Waals surface area (Å²) in [7, 11) is 0. The minimum absolute atomic E-state index is 0.292. The van der Waals surface area contributed by atoms with Crippen molar-refractivity contribution in [2.24, 2.45) is 0 Å². The van der Waals surface area contributed by atoms with Gasteiger partial charge in [0.05, 0.1) is 11.4 Å². The summed E-state index contributed by atoms with van der Waals surface area (Å²) in [6, 6.07) is 8.17. The van der Waals surface area contributed by atoms with Gasteiger partial charge in [-0.05, 0) is 24.3 Å². The molecular weight excluding hydrogens is 329 g/mol. The molecule has 3 heterocycles. The zero-order valence-corrected chi connectivity index (χ0v) is 13.2. The number of hydrogen-bond acceptors (Lipinski definition) is 6. The van der Waals surface area contributed by atoms with Gasteiger partial charge in [-0.3, -0.25) is 0 Å². The van der Waals surface area contributed by atoms with Crippen molar-refractivity contribution < 1.29 is 4.39 Å². The molecule has 9 heteroatoms. The fraction of sp³-hybridized carbons (Fsp3) is 0.0667. The molecule has 0 aliphatic carbocycles. The first kappa shape index (κ1) is 14.6. The summed E-state index contributed by atoms with van der Waals surface area (Å²) in [6.07, 6.45) is 3.18. The predicted molar refractivity (Wildman–Crippen MR) is 89.2 cm³/mol. The zero-order valence-electron chi connectivity index (χ0n) is 12.3. The van der Waals surface area contributed by atoms with E-state index in [1.54, 1.807) is 23.0 Å². The van der Waals surface area contributed by atoms with Crippen LogP contribution in [0.3, 0.4) is 0 Å². The normalized spacial score (nSPS) is 11.2. The van der Waals surface area contributed by atoms with Crippen LogP contribution in [0.5, 0.6) is 0 Å². The molecule has 0 radical (unpaired) electrons. The number of nitrogens with one attached hydrogen (secondary N) is 1. The number of imidazole rings is 1. The fourth-order valence-corrected chi connectivity index (χ4v) is 3.00. The summed E-state index contributed by atoms with van der Waals surface area (Å²) in [4.78, 5) is 15.4. The standard InChI is InChI=1S/C15H12FN7S/c16-9-2-1-3-11(6-9)23-5-4-10(22-23)7-24-15-20-12-13(17)18-8-19-14(12)21-15/h1-6,8H,7H2,(H3,17,18,19,20,21). The number of nitrogen functional groups attached to an aromatic ring is 1. The van der Waals surface area contributed by atoms with Crippen molar-refractivity contribution in [1.29, 1.82) is 0 Å². The second-order valence-corrected chi connectivity index (χ2v) is 5.98. The average Bonchev–Trinajstić information content (AvgIpc) is 3.20. The lowest BCUT2D eigenvalue weighted by molar-refractivity contribution is 0.625. The first-order chi connectivity index (χ1) is 11.7. The van der Waals surface area contributed by atoms with Crippen LogP contribution in [0.25, 0.3) is 16.9 Å². The van der Waals surface area contributed by atoms with Gasteiger partial charge in [0.1, 0.15) is 17.7 Å². The molecule has 0 bridgehead atoms. The SMILES string of the molecule is Nc1ncnc2nc(SCc3ccn(-c4cccc(F)c4)n3)[nH]c12. The van der Waals surface area contributed by atoms with E-state index in [1.165, 1.54) is 30.2 Å². The van der Waals surface area contributed by atoms with Crippen LogP contribution >= 0.6 is 11.8 Å². The van der Waals surface area contributed by atoms with Gasteiger partial charge in [0.25, 0.3) is 0 Å². The summed E-state index contributed by atoms with van der Waals surface area (Å²) >= 11 is 1.48. The van der Waals surface area contributed by atoms with Crippen LogP contribution in [0.1, 0.15) is 5.69 Å². The van der Waals surface area contributed by atoms with Gasteiger partial charge in [0, 0.05) is 11.9 Å². The van der Waals surface area contributed by atoms with Gasteiger partial charge in [-0.2, -0.15) is 5.10 Å². The molecule has 4 aromatic rings. The number of thioether (sulfide) groups is 1. The number of aromatic nitrogens is 6. The van der Waals surface area contributed by atoms with Crippen molar-refractivity contribution in [1.82, 2.24) is 29.7 Å². The molecule has 0 atom stereocenters. The van der Waals surface area contributed by atoms with E-state index in [4.69, 9.17) is 5.73 Å². The molecule has 0 amide bonds. The number of benzene rings is 1. The summed E-state index contributed by atoms with van der Waals surface area (Å²) in [5.41, 5.74) is 8.48. The van der Waals surface area contributed by atoms with E-state index in [0.29, 0.717) is 33.6 Å². The Bertz CT molecular complexity index is 1010. The lowest BCUT2D eigenvalue weighted by atomic mass is 10.3. The number of H-pyrrole nitrogens is 1. The Morgan fingerprint density at radius 1 is 1.25 bits per heavy atom. The van der Waals surface area contributed by atoms with Gasteiger partial charge in [-0.25, -0.2) is 24.0 Å². The molecule has 0 saturated heterocycles. The highest BCUT2D eigenvalue weighted by Crippen LogP contribution is 2.23. The number of fused-ring (bicyclic) bond motifs is 1.